The van der Waals surface area contributed by atoms with Crippen molar-refractivity contribution in [3.63, 3.8) is 0 Å². The number of benzene rings is 1. The number of methoxy groups -OCH3 is 3. The average molecular weight is 506 g/mol. The van der Waals surface area contributed by atoms with E-state index < -0.39 is 52.6 Å². The molecule has 0 aromatic heterocycles. The first-order valence-electron chi connectivity index (χ1n) is 10.5. The van der Waals surface area contributed by atoms with Gasteiger partial charge in [-0.3, -0.25) is 9.59 Å². The zero-order chi connectivity index (χ0) is 25.0. The van der Waals surface area contributed by atoms with Gasteiger partial charge >= 0.3 is 11.9 Å². The maximum Gasteiger partial charge on any atom is 0.324 e. The largest absolute Gasteiger partial charge is 0.497 e. The van der Waals surface area contributed by atoms with E-state index in [0.29, 0.717) is 18.8 Å². The minimum atomic E-state index is -4.61. The van der Waals surface area contributed by atoms with Gasteiger partial charge in [-0.1, -0.05) is 26.0 Å². The topological polar surface area (TPSA) is 133 Å². The third kappa shape index (κ3) is 5.17. The number of hydrogen-bond acceptors (Lipinski definition) is 10. The Balaban J connectivity index is 2.75. The third-order valence-corrected chi connectivity index (χ3v) is 12.0. The van der Waals surface area contributed by atoms with Crippen molar-refractivity contribution in [1.29, 1.82) is 0 Å². The second-order valence-corrected chi connectivity index (χ2v) is 12.4. The lowest BCUT2D eigenvalue weighted by Gasteiger charge is -2.39. The van der Waals surface area contributed by atoms with E-state index in [-0.39, 0.29) is 18.5 Å². The van der Waals surface area contributed by atoms with E-state index in [1.54, 1.807) is 0 Å². The summed E-state index contributed by atoms with van der Waals surface area (Å²) in [5.41, 5.74) is 0.163. The van der Waals surface area contributed by atoms with E-state index in [1.165, 1.54) is 31.4 Å². The van der Waals surface area contributed by atoms with Gasteiger partial charge in [-0.2, -0.15) is 0 Å². The standard InChI is InChI=1S/C21H31NO9S2/c1-6-22(7-2)13-12-16-32(25,26)18(20(23)30-4)17(14-8-10-15(29-3)11-9-14)19(21(24)31-5)33(16,27)28/h8-11,16-19H,6-7,12-13H2,1-5H3/t16?,17?,18-,19+. The summed E-state index contributed by atoms with van der Waals surface area (Å²) in [4.78, 5) is 27.4. The molecule has 33 heavy (non-hydrogen) atoms. The van der Waals surface area contributed by atoms with Crippen molar-refractivity contribution in [2.45, 2.75) is 41.3 Å². The number of sulfone groups is 2. The monoisotopic (exact) mass is 505 g/mol. The molecule has 1 fully saturated rings. The lowest BCUT2D eigenvalue weighted by molar-refractivity contribution is -0.142. The molecule has 1 heterocycles. The Morgan fingerprint density at radius 1 is 0.848 bits per heavy atom. The van der Waals surface area contributed by atoms with Crippen molar-refractivity contribution in [3.8, 4) is 5.75 Å². The van der Waals surface area contributed by atoms with Crippen molar-refractivity contribution >= 4 is 31.6 Å². The molecule has 4 atom stereocenters. The van der Waals surface area contributed by atoms with Crippen LogP contribution in [0.1, 0.15) is 31.7 Å². The summed E-state index contributed by atoms with van der Waals surface area (Å²) in [5, 5.41) is -3.80. The van der Waals surface area contributed by atoms with Crippen molar-refractivity contribution in [1.82, 2.24) is 4.90 Å². The van der Waals surface area contributed by atoms with Crippen molar-refractivity contribution in [2.75, 3.05) is 41.0 Å². The zero-order valence-electron chi connectivity index (χ0n) is 19.4. The lowest BCUT2D eigenvalue weighted by Crippen LogP contribution is -2.60. The minimum absolute atomic E-state index is 0.158. The van der Waals surface area contributed by atoms with Crippen LogP contribution >= 0.6 is 0 Å². The van der Waals surface area contributed by atoms with Gasteiger partial charge < -0.3 is 19.1 Å². The molecule has 2 unspecified atom stereocenters. The number of carbonyl (C=O) groups excluding carboxylic acids is 2. The highest BCUT2D eigenvalue weighted by Crippen LogP contribution is 2.43. The Morgan fingerprint density at radius 3 is 1.67 bits per heavy atom. The van der Waals surface area contributed by atoms with E-state index in [0.717, 1.165) is 14.2 Å². The van der Waals surface area contributed by atoms with Crippen LogP contribution in [0.3, 0.4) is 0 Å². The third-order valence-electron chi connectivity index (χ3n) is 6.04. The zero-order valence-corrected chi connectivity index (χ0v) is 21.0. The fourth-order valence-corrected chi connectivity index (χ4v) is 10.2. The Hall–Kier alpha value is -2.18. The highest BCUT2D eigenvalue weighted by atomic mass is 32.3. The second-order valence-electron chi connectivity index (χ2n) is 7.61. The number of nitrogens with zero attached hydrogens (tertiary/aromatic N) is 1. The molecule has 0 saturated carbocycles. The lowest BCUT2D eigenvalue weighted by atomic mass is 9.91. The molecule has 1 aromatic carbocycles. The van der Waals surface area contributed by atoms with Crippen LogP contribution in [0.4, 0.5) is 0 Å². The summed E-state index contributed by atoms with van der Waals surface area (Å²) in [6.45, 7) is 5.05. The first kappa shape index (κ1) is 27.1. The molecule has 0 aliphatic carbocycles. The average Bonchev–Trinajstić information content (AvgIpc) is 2.79. The van der Waals surface area contributed by atoms with Crippen LogP contribution in [0.2, 0.25) is 0 Å². The summed E-state index contributed by atoms with van der Waals surface area (Å²) < 4.78 is 67.1. The van der Waals surface area contributed by atoms with Gasteiger partial charge in [0.1, 0.15) is 5.75 Å². The molecule has 1 aliphatic heterocycles. The van der Waals surface area contributed by atoms with Crippen LogP contribution < -0.4 is 4.74 Å². The van der Waals surface area contributed by atoms with Gasteiger partial charge in [0.15, 0.2) is 34.8 Å². The molecular formula is C21H31NO9S2. The summed E-state index contributed by atoms with van der Waals surface area (Å²) in [6.07, 6.45) is -0.289. The molecule has 0 N–H and O–H groups in total. The van der Waals surface area contributed by atoms with Gasteiger partial charge in [-0.25, -0.2) is 16.8 Å². The molecular weight excluding hydrogens is 474 g/mol. The highest BCUT2D eigenvalue weighted by molar-refractivity contribution is 8.11. The molecule has 1 aromatic rings. The number of ether oxygens (including phenoxy) is 3. The van der Waals surface area contributed by atoms with Crippen LogP contribution in [0.5, 0.6) is 5.75 Å². The van der Waals surface area contributed by atoms with Crippen molar-refractivity contribution in [2.24, 2.45) is 0 Å². The Labute approximate surface area is 195 Å². The number of carbonyl (C=O) groups is 2. The molecule has 10 nitrogen and oxygen atoms in total. The molecule has 1 saturated heterocycles. The van der Waals surface area contributed by atoms with E-state index in [2.05, 4.69) is 0 Å². The maximum atomic E-state index is 13.6. The molecule has 2 rings (SSSR count). The minimum Gasteiger partial charge on any atom is -0.497 e. The summed E-state index contributed by atoms with van der Waals surface area (Å²) in [5.74, 6) is -3.38. The smallest absolute Gasteiger partial charge is 0.324 e. The Morgan fingerprint density at radius 2 is 1.30 bits per heavy atom. The number of rotatable bonds is 9. The predicted octanol–water partition coefficient (Wildman–Crippen LogP) is 0.763. The first-order valence-corrected chi connectivity index (χ1v) is 13.7. The van der Waals surface area contributed by atoms with Crippen LogP contribution in [0, 0.1) is 0 Å². The SMILES string of the molecule is CCN(CC)CCC1S(=O)(=O)[C@H](C(=O)OC)C(c2ccc(OC)cc2)[C@H](C(=O)OC)S1(=O)=O. The van der Waals surface area contributed by atoms with Gasteiger partial charge in [0, 0.05) is 12.5 Å². The number of esters is 2. The van der Waals surface area contributed by atoms with Crippen LogP contribution in [0.25, 0.3) is 0 Å². The molecule has 0 radical (unpaired) electrons. The van der Waals surface area contributed by atoms with E-state index in [4.69, 9.17) is 14.2 Å². The summed E-state index contributed by atoms with van der Waals surface area (Å²) >= 11 is 0. The summed E-state index contributed by atoms with van der Waals surface area (Å²) in [7, 11) is -5.76. The van der Waals surface area contributed by atoms with Gasteiger partial charge in [-0.05, 0) is 37.2 Å². The van der Waals surface area contributed by atoms with Gasteiger partial charge in [0.25, 0.3) is 0 Å². The highest BCUT2D eigenvalue weighted by Gasteiger charge is 2.63. The van der Waals surface area contributed by atoms with Gasteiger partial charge in [0.2, 0.25) is 0 Å². The second kappa shape index (κ2) is 10.8. The molecule has 0 bridgehead atoms. The van der Waals surface area contributed by atoms with Crippen LogP contribution in [0.15, 0.2) is 24.3 Å². The quantitative estimate of drug-likeness (QED) is 0.443. The Kier molecular flexibility index (Phi) is 8.88. The molecule has 1 aliphatic rings. The summed E-state index contributed by atoms with van der Waals surface area (Å²) in [6, 6.07) is 5.83. The predicted molar refractivity (Wildman–Crippen MR) is 121 cm³/mol. The van der Waals surface area contributed by atoms with E-state index in [9.17, 15) is 26.4 Å². The first-order chi connectivity index (χ1) is 15.5. The van der Waals surface area contributed by atoms with E-state index >= 15 is 0 Å². The number of hydrogen-bond donors (Lipinski definition) is 0. The van der Waals surface area contributed by atoms with Crippen molar-refractivity contribution < 1.29 is 40.6 Å². The fourth-order valence-electron chi connectivity index (χ4n) is 4.21. The van der Waals surface area contributed by atoms with Crippen LogP contribution in [-0.4, -0.2) is 89.7 Å². The normalized spacial score (nSPS) is 25.9. The van der Waals surface area contributed by atoms with E-state index in [1.807, 2.05) is 18.7 Å². The fraction of sp³-hybridized carbons (Fsp3) is 0.619. The van der Waals surface area contributed by atoms with Crippen molar-refractivity contribution in [3.05, 3.63) is 29.8 Å². The van der Waals surface area contributed by atoms with Gasteiger partial charge in [0.05, 0.1) is 21.3 Å². The Bertz CT molecular complexity index is 994. The van der Waals surface area contributed by atoms with Gasteiger partial charge in [-0.15, -0.1) is 0 Å². The molecule has 0 amide bonds. The molecule has 12 heteroatoms. The van der Waals surface area contributed by atoms with Crippen LogP contribution in [-0.2, 0) is 38.7 Å². The maximum absolute atomic E-state index is 13.6. The molecule has 186 valence electrons. The molecule has 0 spiro atoms.